The summed E-state index contributed by atoms with van der Waals surface area (Å²) >= 11 is 0. The summed E-state index contributed by atoms with van der Waals surface area (Å²) in [7, 11) is 0. The first-order chi connectivity index (χ1) is 7.73. The van der Waals surface area contributed by atoms with Gasteiger partial charge in [0.25, 0.3) is 0 Å². The van der Waals surface area contributed by atoms with E-state index in [1.807, 2.05) is 20.8 Å². The highest BCUT2D eigenvalue weighted by Crippen LogP contribution is 2.20. The van der Waals surface area contributed by atoms with E-state index in [9.17, 15) is 9.59 Å². The molecule has 0 saturated carbocycles. The lowest BCUT2D eigenvalue weighted by molar-refractivity contribution is -0.160. The van der Waals surface area contributed by atoms with E-state index in [2.05, 4.69) is 0 Å². The summed E-state index contributed by atoms with van der Waals surface area (Å²) in [6.45, 7) is 6.34. The molecule has 0 aromatic heterocycles. The first-order valence-corrected chi connectivity index (χ1v) is 5.62. The molecule has 1 aliphatic rings. The molecule has 17 heavy (non-hydrogen) atoms. The number of carbonyl (C=O) groups is 2. The Morgan fingerprint density at radius 3 is 2.53 bits per heavy atom. The molecule has 3 N–H and O–H groups in total. The molecule has 1 aliphatic heterocycles. The molecular formula is C11H20N2O4. The molecule has 0 aromatic rings. The summed E-state index contributed by atoms with van der Waals surface area (Å²) in [5.74, 6) is -1.26. The fourth-order valence-corrected chi connectivity index (χ4v) is 1.57. The Balaban J connectivity index is 2.67. The van der Waals surface area contributed by atoms with Crippen molar-refractivity contribution in [3.63, 3.8) is 0 Å². The SMILES string of the molecule is CC(C)(C)C(N)C(=O)N1CCOC(C(=O)O)C1. The zero-order valence-corrected chi connectivity index (χ0v) is 10.5. The van der Waals surface area contributed by atoms with Gasteiger partial charge in [0.15, 0.2) is 6.10 Å². The Hall–Kier alpha value is -1.14. The van der Waals surface area contributed by atoms with Gasteiger partial charge in [0.1, 0.15) is 0 Å². The van der Waals surface area contributed by atoms with Crippen molar-refractivity contribution in [3.05, 3.63) is 0 Å². The van der Waals surface area contributed by atoms with Crippen molar-refractivity contribution in [2.75, 3.05) is 19.7 Å². The van der Waals surface area contributed by atoms with Crippen LogP contribution in [-0.4, -0.2) is 53.7 Å². The molecule has 0 aromatic carbocycles. The minimum absolute atomic E-state index is 0.0674. The third-order valence-electron chi connectivity index (χ3n) is 2.85. The van der Waals surface area contributed by atoms with E-state index in [0.717, 1.165) is 0 Å². The Labute approximate surface area is 101 Å². The molecule has 98 valence electrons. The number of ether oxygens (including phenoxy) is 1. The van der Waals surface area contributed by atoms with Crippen LogP contribution in [0.4, 0.5) is 0 Å². The van der Waals surface area contributed by atoms with Gasteiger partial charge in [-0.25, -0.2) is 4.79 Å². The highest BCUT2D eigenvalue weighted by atomic mass is 16.5. The topological polar surface area (TPSA) is 92.9 Å². The van der Waals surface area contributed by atoms with Crippen molar-refractivity contribution in [1.82, 2.24) is 4.90 Å². The number of hydrogen-bond acceptors (Lipinski definition) is 4. The largest absolute Gasteiger partial charge is 0.479 e. The van der Waals surface area contributed by atoms with Gasteiger partial charge in [-0.15, -0.1) is 0 Å². The van der Waals surface area contributed by atoms with Crippen molar-refractivity contribution in [2.45, 2.75) is 32.9 Å². The Bertz CT molecular complexity index is 311. The summed E-state index contributed by atoms with van der Waals surface area (Å²) in [6, 6.07) is -0.630. The van der Waals surface area contributed by atoms with Crippen molar-refractivity contribution >= 4 is 11.9 Å². The van der Waals surface area contributed by atoms with Crippen LogP contribution in [0.3, 0.4) is 0 Å². The van der Waals surface area contributed by atoms with Crippen LogP contribution in [0.25, 0.3) is 0 Å². The lowest BCUT2D eigenvalue weighted by Gasteiger charge is -2.35. The van der Waals surface area contributed by atoms with Gasteiger partial charge in [-0.1, -0.05) is 20.8 Å². The lowest BCUT2D eigenvalue weighted by Crippen LogP contribution is -2.56. The number of hydrogen-bond donors (Lipinski definition) is 2. The second-order valence-corrected chi connectivity index (χ2v) is 5.33. The number of morpholine rings is 1. The maximum absolute atomic E-state index is 12.1. The van der Waals surface area contributed by atoms with Gasteiger partial charge in [-0.05, 0) is 5.41 Å². The summed E-state index contributed by atoms with van der Waals surface area (Å²) in [5, 5.41) is 8.84. The number of carbonyl (C=O) groups excluding carboxylic acids is 1. The van der Waals surface area contributed by atoms with Crippen molar-refractivity contribution < 1.29 is 19.4 Å². The van der Waals surface area contributed by atoms with Crippen LogP contribution in [-0.2, 0) is 14.3 Å². The van der Waals surface area contributed by atoms with Crippen molar-refractivity contribution in [2.24, 2.45) is 11.1 Å². The summed E-state index contributed by atoms with van der Waals surface area (Å²) in [6.07, 6.45) is -0.945. The minimum Gasteiger partial charge on any atom is -0.479 e. The molecule has 1 rings (SSSR count). The maximum atomic E-state index is 12.1. The van der Waals surface area contributed by atoms with Crippen LogP contribution in [0.5, 0.6) is 0 Å². The predicted molar refractivity (Wildman–Crippen MR) is 61.4 cm³/mol. The Kier molecular flexibility index (Phi) is 4.11. The number of nitrogens with two attached hydrogens (primary N) is 1. The van der Waals surface area contributed by atoms with Gasteiger partial charge in [0, 0.05) is 6.54 Å². The third-order valence-corrected chi connectivity index (χ3v) is 2.85. The number of nitrogens with zero attached hydrogens (tertiary/aromatic N) is 1. The van der Waals surface area contributed by atoms with Crippen LogP contribution in [0, 0.1) is 5.41 Å². The zero-order chi connectivity index (χ0) is 13.2. The quantitative estimate of drug-likeness (QED) is 0.694. The minimum atomic E-state index is -1.05. The second-order valence-electron chi connectivity index (χ2n) is 5.33. The van der Waals surface area contributed by atoms with E-state index < -0.39 is 18.1 Å². The molecule has 1 fully saturated rings. The molecule has 0 spiro atoms. The van der Waals surface area contributed by atoms with E-state index in [4.69, 9.17) is 15.6 Å². The molecule has 1 saturated heterocycles. The highest BCUT2D eigenvalue weighted by molar-refractivity contribution is 5.83. The number of rotatable bonds is 2. The van der Waals surface area contributed by atoms with E-state index in [0.29, 0.717) is 6.54 Å². The molecule has 6 heteroatoms. The molecule has 1 heterocycles. The van der Waals surface area contributed by atoms with E-state index in [1.165, 1.54) is 4.90 Å². The molecule has 0 aliphatic carbocycles. The molecule has 2 unspecified atom stereocenters. The Morgan fingerprint density at radius 1 is 1.47 bits per heavy atom. The summed E-state index contributed by atoms with van der Waals surface area (Å²) in [5.41, 5.74) is 5.53. The summed E-state index contributed by atoms with van der Waals surface area (Å²) < 4.78 is 5.05. The number of carboxylic acids is 1. The van der Waals surface area contributed by atoms with Gasteiger partial charge < -0.3 is 20.5 Å². The van der Waals surface area contributed by atoms with Gasteiger partial charge in [-0.2, -0.15) is 0 Å². The predicted octanol–water partition coefficient (Wildman–Crippen LogP) is -0.328. The zero-order valence-electron chi connectivity index (χ0n) is 10.5. The molecule has 6 nitrogen and oxygen atoms in total. The molecular weight excluding hydrogens is 224 g/mol. The Morgan fingerprint density at radius 2 is 2.06 bits per heavy atom. The normalized spacial score (nSPS) is 23.3. The maximum Gasteiger partial charge on any atom is 0.334 e. The standard InChI is InChI=1S/C11H20N2O4/c1-11(2,3)8(12)9(14)13-4-5-17-7(6-13)10(15)16/h7-8H,4-6,12H2,1-3H3,(H,15,16). The van der Waals surface area contributed by atoms with E-state index in [-0.39, 0.29) is 24.5 Å². The van der Waals surface area contributed by atoms with Crippen LogP contribution >= 0.6 is 0 Å². The first kappa shape index (κ1) is 13.9. The first-order valence-electron chi connectivity index (χ1n) is 5.62. The van der Waals surface area contributed by atoms with Gasteiger partial charge in [-0.3, -0.25) is 4.79 Å². The van der Waals surface area contributed by atoms with Gasteiger partial charge in [0.2, 0.25) is 5.91 Å². The fourth-order valence-electron chi connectivity index (χ4n) is 1.57. The van der Waals surface area contributed by atoms with Crippen LogP contribution in [0.15, 0.2) is 0 Å². The van der Waals surface area contributed by atoms with Crippen molar-refractivity contribution in [1.29, 1.82) is 0 Å². The number of amides is 1. The van der Waals surface area contributed by atoms with E-state index in [1.54, 1.807) is 0 Å². The average Bonchev–Trinajstić information content (AvgIpc) is 2.26. The van der Waals surface area contributed by atoms with Gasteiger partial charge in [0.05, 0.1) is 19.2 Å². The average molecular weight is 244 g/mol. The smallest absolute Gasteiger partial charge is 0.334 e. The van der Waals surface area contributed by atoms with Crippen LogP contribution in [0.1, 0.15) is 20.8 Å². The molecule has 0 bridgehead atoms. The van der Waals surface area contributed by atoms with Crippen LogP contribution < -0.4 is 5.73 Å². The number of aliphatic carboxylic acids is 1. The summed E-state index contributed by atoms with van der Waals surface area (Å²) in [4.78, 5) is 24.3. The second kappa shape index (κ2) is 5.01. The molecule has 1 amide bonds. The van der Waals surface area contributed by atoms with E-state index >= 15 is 0 Å². The lowest BCUT2D eigenvalue weighted by atomic mass is 9.86. The fraction of sp³-hybridized carbons (Fsp3) is 0.818. The molecule has 2 atom stereocenters. The molecule has 0 radical (unpaired) electrons. The highest BCUT2D eigenvalue weighted by Gasteiger charge is 2.35. The third kappa shape index (κ3) is 3.41. The van der Waals surface area contributed by atoms with Gasteiger partial charge >= 0.3 is 5.97 Å². The monoisotopic (exact) mass is 244 g/mol. The number of carboxylic acid groups (broad SMARTS) is 1. The van der Waals surface area contributed by atoms with Crippen LogP contribution in [0.2, 0.25) is 0 Å². The van der Waals surface area contributed by atoms with Crippen molar-refractivity contribution in [3.8, 4) is 0 Å².